The molecule has 0 nitrogen and oxygen atoms in total. The summed E-state index contributed by atoms with van der Waals surface area (Å²) in [7, 11) is 0. The van der Waals surface area contributed by atoms with Crippen LogP contribution in [0.25, 0.3) is 27.6 Å². The molecule has 0 saturated heterocycles. The lowest BCUT2D eigenvalue weighted by Crippen LogP contribution is -1.87. The molecule has 3 aromatic carbocycles. The molecule has 0 aromatic heterocycles. The molecule has 20 heavy (non-hydrogen) atoms. The predicted molar refractivity (Wildman–Crippen MR) is 92.2 cm³/mol. The lowest BCUT2D eigenvalue weighted by Gasteiger charge is -2.12. The van der Waals surface area contributed by atoms with Crippen molar-refractivity contribution < 1.29 is 0 Å². The molecular formula is C20H22. The fraction of sp³-hybridized carbons (Fsp3) is 0.200. The third kappa shape index (κ3) is 2.34. The molecule has 0 aliphatic carbocycles. The summed E-state index contributed by atoms with van der Waals surface area (Å²) in [4.78, 5) is 0. The molecule has 0 heterocycles. The Labute approximate surface area is 121 Å². The van der Waals surface area contributed by atoms with Gasteiger partial charge in [0, 0.05) is 0 Å². The van der Waals surface area contributed by atoms with Crippen LogP contribution in [0.5, 0.6) is 0 Å². The number of rotatable bonds is 1. The van der Waals surface area contributed by atoms with Gasteiger partial charge in [0.2, 0.25) is 0 Å². The molecule has 0 bridgehead atoms. The Kier molecular flexibility index (Phi) is 4.57. The molecule has 0 heteroatoms. The van der Waals surface area contributed by atoms with E-state index in [0.717, 1.165) is 0 Å². The van der Waals surface area contributed by atoms with E-state index in [-0.39, 0.29) is 0 Å². The van der Waals surface area contributed by atoms with Crippen molar-refractivity contribution in [3.05, 3.63) is 65.7 Å². The molecule has 0 N–H and O–H groups in total. The van der Waals surface area contributed by atoms with Crippen LogP contribution in [0.4, 0.5) is 0 Å². The van der Waals surface area contributed by atoms with Crippen LogP contribution in [-0.2, 0) is 0 Å². The molecule has 0 aliphatic rings. The van der Waals surface area contributed by atoms with Gasteiger partial charge in [-0.15, -0.1) is 0 Å². The molecule has 0 spiro atoms. The summed E-state index contributed by atoms with van der Waals surface area (Å²) < 4.78 is 0. The number of fused-ring (bicyclic) bond motifs is 2. The van der Waals surface area contributed by atoms with Crippen LogP contribution in [0.3, 0.4) is 0 Å². The third-order valence-corrected chi connectivity index (χ3v) is 3.58. The summed E-state index contributed by atoms with van der Waals surface area (Å²) in [5.41, 5.74) is 2.70. The first kappa shape index (κ1) is 14.3. The maximum absolute atomic E-state index is 2.21. The fourth-order valence-electron chi connectivity index (χ4n) is 2.73. The Morgan fingerprint density at radius 1 is 0.700 bits per heavy atom. The smallest absolute Gasteiger partial charge is 0.0102 e. The highest BCUT2D eigenvalue weighted by Crippen LogP contribution is 2.32. The predicted octanol–water partition coefficient (Wildman–Crippen LogP) is 6.36. The second-order valence-corrected chi connectivity index (χ2v) is 4.63. The van der Waals surface area contributed by atoms with E-state index in [1.807, 2.05) is 13.8 Å². The summed E-state index contributed by atoms with van der Waals surface area (Å²) in [5.74, 6) is 0. The first-order chi connectivity index (χ1) is 9.83. The Hall–Kier alpha value is -2.08. The van der Waals surface area contributed by atoms with E-state index in [2.05, 4.69) is 74.5 Å². The topological polar surface area (TPSA) is 0 Å². The van der Waals surface area contributed by atoms with Crippen LogP contribution in [0.2, 0.25) is 0 Å². The van der Waals surface area contributed by atoms with Crippen LogP contribution in [0.1, 0.15) is 31.9 Å². The normalized spacial score (nSPS) is 10.8. The molecule has 0 aliphatic heterocycles. The Bertz CT molecular complexity index is 691. The number of hydrogen-bond acceptors (Lipinski definition) is 0. The summed E-state index contributed by atoms with van der Waals surface area (Å²) in [6, 6.07) is 17.3. The number of benzene rings is 3. The van der Waals surface area contributed by atoms with Crippen molar-refractivity contribution >= 4 is 27.6 Å². The largest absolute Gasteiger partial charge is 0.0870 e. The van der Waals surface area contributed by atoms with E-state index >= 15 is 0 Å². The molecule has 0 amide bonds. The second-order valence-electron chi connectivity index (χ2n) is 4.63. The lowest BCUT2D eigenvalue weighted by atomic mass is 9.92. The highest BCUT2D eigenvalue weighted by atomic mass is 14.1. The van der Waals surface area contributed by atoms with Crippen molar-refractivity contribution in [1.82, 2.24) is 0 Å². The van der Waals surface area contributed by atoms with Crippen LogP contribution in [-0.4, -0.2) is 0 Å². The average Bonchev–Trinajstić information content (AvgIpc) is 2.53. The Morgan fingerprint density at radius 2 is 1.10 bits per heavy atom. The van der Waals surface area contributed by atoms with Gasteiger partial charge in [0.05, 0.1) is 0 Å². The van der Waals surface area contributed by atoms with Gasteiger partial charge < -0.3 is 0 Å². The minimum absolute atomic E-state index is 1.33. The van der Waals surface area contributed by atoms with Crippen molar-refractivity contribution in [2.75, 3.05) is 0 Å². The van der Waals surface area contributed by atoms with E-state index in [9.17, 15) is 0 Å². The van der Waals surface area contributed by atoms with E-state index in [4.69, 9.17) is 0 Å². The number of allylic oxidation sites excluding steroid dienone is 1. The molecule has 0 saturated carbocycles. The molecule has 0 radical (unpaired) electrons. The standard InChI is InChI=1S/C18H16.C2H6/c1-3-8-16-17-11-6-4-9-14(17)13(2)15-10-5-7-12-18(15)16;1-2/h3-12H,1-2H3;1-2H3/b8-3+;. The third-order valence-electron chi connectivity index (χ3n) is 3.58. The summed E-state index contributed by atoms with van der Waals surface area (Å²) in [6.07, 6.45) is 4.33. The summed E-state index contributed by atoms with van der Waals surface area (Å²) in [6.45, 7) is 8.29. The van der Waals surface area contributed by atoms with Gasteiger partial charge >= 0.3 is 0 Å². The SMILES string of the molecule is C/C=C/c1c2ccccc2c(C)c2ccccc12.CC. The van der Waals surface area contributed by atoms with E-state index in [1.54, 1.807) is 0 Å². The zero-order valence-electron chi connectivity index (χ0n) is 12.8. The van der Waals surface area contributed by atoms with Crippen molar-refractivity contribution in [2.45, 2.75) is 27.7 Å². The first-order valence-electron chi connectivity index (χ1n) is 7.35. The minimum Gasteiger partial charge on any atom is -0.0870 e. The van der Waals surface area contributed by atoms with E-state index in [1.165, 1.54) is 32.7 Å². The number of hydrogen-bond donors (Lipinski definition) is 0. The zero-order chi connectivity index (χ0) is 14.5. The maximum atomic E-state index is 2.21. The molecule has 0 atom stereocenters. The lowest BCUT2D eigenvalue weighted by molar-refractivity contribution is 1.50. The van der Waals surface area contributed by atoms with Crippen molar-refractivity contribution in [2.24, 2.45) is 0 Å². The zero-order valence-corrected chi connectivity index (χ0v) is 12.8. The molecular weight excluding hydrogens is 240 g/mol. The monoisotopic (exact) mass is 262 g/mol. The van der Waals surface area contributed by atoms with Gasteiger partial charge in [0.25, 0.3) is 0 Å². The van der Waals surface area contributed by atoms with Crippen LogP contribution in [0.15, 0.2) is 54.6 Å². The van der Waals surface area contributed by atoms with Gasteiger partial charge in [-0.3, -0.25) is 0 Å². The van der Waals surface area contributed by atoms with Gasteiger partial charge in [-0.1, -0.05) is 74.5 Å². The molecule has 102 valence electrons. The maximum Gasteiger partial charge on any atom is -0.0102 e. The van der Waals surface area contributed by atoms with Crippen molar-refractivity contribution in [3.63, 3.8) is 0 Å². The van der Waals surface area contributed by atoms with Gasteiger partial charge in [0.1, 0.15) is 0 Å². The van der Waals surface area contributed by atoms with Crippen molar-refractivity contribution in [1.29, 1.82) is 0 Å². The average molecular weight is 262 g/mol. The minimum atomic E-state index is 1.33. The summed E-state index contributed by atoms with van der Waals surface area (Å²) >= 11 is 0. The molecule has 0 fully saturated rings. The van der Waals surface area contributed by atoms with Crippen LogP contribution < -0.4 is 0 Å². The highest BCUT2D eigenvalue weighted by molar-refractivity contribution is 6.09. The van der Waals surface area contributed by atoms with Gasteiger partial charge in [0.15, 0.2) is 0 Å². The molecule has 0 unspecified atom stereocenters. The van der Waals surface area contributed by atoms with E-state index < -0.39 is 0 Å². The Morgan fingerprint density at radius 3 is 1.50 bits per heavy atom. The van der Waals surface area contributed by atoms with Gasteiger partial charge in [-0.25, -0.2) is 0 Å². The van der Waals surface area contributed by atoms with Gasteiger partial charge in [-0.05, 0) is 46.5 Å². The second kappa shape index (κ2) is 6.38. The van der Waals surface area contributed by atoms with Crippen molar-refractivity contribution in [3.8, 4) is 0 Å². The molecule has 3 aromatic rings. The Balaban J connectivity index is 0.000000704. The first-order valence-corrected chi connectivity index (χ1v) is 7.35. The van der Waals surface area contributed by atoms with E-state index in [0.29, 0.717) is 0 Å². The fourth-order valence-corrected chi connectivity index (χ4v) is 2.73. The van der Waals surface area contributed by atoms with Crippen LogP contribution in [0, 0.1) is 6.92 Å². The summed E-state index contributed by atoms with van der Waals surface area (Å²) in [5, 5.41) is 5.38. The number of aryl methyl sites for hydroxylation is 1. The quantitative estimate of drug-likeness (QED) is 0.447. The van der Waals surface area contributed by atoms with Crippen LogP contribution >= 0.6 is 0 Å². The highest BCUT2D eigenvalue weighted by Gasteiger charge is 2.08. The molecule has 3 rings (SSSR count). The van der Waals surface area contributed by atoms with Gasteiger partial charge in [-0.2, -0.15) is 0 Å².